The van der Waals surface area contributed by atoms with Gasteiger partial charge in [-0.05, 0) is 62.7 Å². The van der Waals surface area contributed by atoms with E-state index in [0.29, 0.717) is 6.04 Å². The standard InChI is InChI=1S/C14H26IN/c15-10-13-3-1-11(2-4-13)9-12-5-7-14(16)8-6-12/h11-14H,1-10,16H2. The number of nitrogens with two attached hydrogens (primary N) is 1. The summed E-state index contributed by atoms with van der Waals surface area (Å²) < 4.78 is 1.38. The van der Waals surface area contributed by atoms with Crippen molar-refractivity contribution < 1.29 is 0 Å². The van der Waals surface area contributed by atoms with Crippen LogP contribution in [0.3, 0.4) is 0 Å². The Labute approximate surface area is 114 Å². The van der Waals surface area contributed by atoms with Gasteiger partial charge in [0.25, 0.3) is 0 Å². The fourth-order valence-corrected chi connectivity index (χ4v) is 4.40. The van der Waals surface area contributed by atoms with Gasteiger partial charge in [0.15, 0.2) is 0 Å². The maximum absolute atomic E-state index is 5.97. The van der Waals surface area contributed by atoms with Crippen LogP contribution >= 0.6 is 22.6 Å². The van der Waals surface area contributed by atoms with E-state index < -0.39 is 0 Å². The average Bonchev–Trinajstić information content (AvgIpc) is 2.33. The minimum Gasteiger partial charge on any atom is -0.328 e. The Kier molecular flexibility index (Phi) is 5.40. The SMILES string of the molecule is NC1CCC(CC2CCC(CI)CC2)CC1. The highest BCUT2D eigenvalue weighted by atomic mass is 127. The summed E-state index contributed by atoms with van der Waals surface area (Å²) in [7, 11) is 0. The quantitative estimate of drug-likeness (QED) is 0.609. The Morgan fingerprint density at radius 3 is 1.69 bits per heavy atom. The van der Waals surface area contributed by atoms with Gasteiger partial charge >= 0.3 is 0 Å². The van der Waals surface area contributed by atoms with Crippen molar-refractivity contribution in [2.24, 2.45) is 23.5 Å². The third-order valence-electron chi connectivity index (χ3n) is 4.74. The van der Waals surface area contributed by atoms with Crippen molar-refractivity contribution in [1.82, 2.24) is 0 Å². The molecule has 0 aliphatic heterocycles. The van der Waals surface area contributed by atoms with Crippen LogP contribution in [-0.2, 0) is 0 Å². The third-order valence-corrected chi connectivity index (χ3v) is 5.99. The summed E-state index contributed by atoms with van der Waals surface area (Å²) >= 11 is 2.56. The maximum Gasteiger partial charge on any atom is 0.00390 e. The van der Waals surface area contributed by atoms with Gasteiger partial charge in [0.05, 0.1) is 0 Å². The van der Waals surface area contributed by atoms with Crippen LogP contribution < -0.4 is 5.73 Å². The van der Waals surface area contributed by atoms with Crippen molar-refractivity contribution in [2.45, 2.75) is 63.8 Å². The molecule has 0 bridgehead atoms. The molecule has 2 N–H and O–H groups in total. The molecule has 0 amide bonds. The molecule has 0 aromatic heterocycles. The fraction of sp³-hybridized carbons (Fsp3) is 1.00. The van der Waals surface area contributed by atoms with Gasteiger partial charge in [-0.15, -0.1) is 0 Å². The maximum atomic E-state index is 5.97. The molecule has 2 heteroatoms. The van der Waals surface area contributed by atoms with Crippen LogP contribution in [-0.4, -0.2) is 10.5 Å². The van der Waals surface area contributed by atoms with Gasteiger partial charge < -0.3 is 5.73 Å². The largest absolute Gasteiger partial charge is 0.328 e. The lowest BCUT2D eigenvalue weighted by Gasteiger charge is -2.33. The second-order valence-electron chi connectivity index (χ2n) is 6.06. The van der Waals surface area contributed by atoms with Crippen LogP contribution in [0.5, 0.6) is 0 Å². The molecule has 0 radical (unpaired) electrons. The fourth-order valence-electron chi connectivity index (χ4n) is 3.52. The topological polar surface area (TPSA) is 26.0 Å². The van der Waals surface area contributed by atoms with E-state index in [9.17, 15) is 0 Å². The number of alkyl halides is 1. The first kappa shape index (κ1) is 13.1. The summed E-state index contributed by atoms with van der Waals surface area (Å²) in [6.45, 7) is 0. The van der Waals surface area contributed by atoms with Crippen molar-refractivity contribution in [3.63, 3.8) is 0 Å². The molecule has 0 aromatic rings. The summed E-state index contributed by atoms with van der Waals surface area (Å²) in [5, 5.41) is 0. The molecule has 0 aromatic carbocycles. The first-order valence-corrected chi connectivity index (χ1v) is 8.62. The average molecular weight is 335 g/mol. The second-order valence-corrected chi connectivity index (χ2v) is 6.94. The smallest absolute Gasteiger partial charge is 0.00390 e. The van der Waals surface area contributed by atoms with E-state index in [1.807, 2.05) is 0 Å². The minimum absolute atomic E-state index is 0.519. The molecule has 0 heterocycles. The molecule has 2 rings (SSSR count). The molecule has 0 spiro atoms. The zero-order valence-corrected chi connectivity index (χ0v) is 12.5. The molecule has 1 nitrogen and oxygen atoms in total. The van der Waals surface area contributed by atoms with Crippen molar-refractivity contribution in [3.05, 3.63) is 0 Å². The number of rotatable bonds is 3. The van der Waals surface area contributed by atoms with E-state index in [2.05, 4.69) is 22.6 Å². The van der Waals surface area contributed by atoms with Crippen LogP contribution in [0.15, 0.2) is 0 Å². The van der Waals surface area contributed by atoms with E-state index in [-0.39, 0.29) is 0 Å². The van der Waals surface area contributed by atoms with E-state index >= 15 is 0 Å². The van der Waals surface area contributed by atoms with Gasteiger partial charge in [-0.25, -0.2) is 0 Å². The molecule has 2 saturated carbocycles. The Hall–Kier alpha value is 0.690. The molecule has 16 heavy (non-hydrogen) atoms. The monoisotopic (exact) mass is 335 g/mol. The normalized spacial score (nSPS) is 40.9. The molecule has 94 valence electrons. The predicted octanol–water partition coefficient (Wildman–Crippen LogP) is 4.14. The highest BCUT2D eigenvalue weighted by Crippen LogP contribution is 2.37. The van der Waals surface area contributed by atoms with Crippen LogP contribution in [0.25, 0.3) is 0 Å². The lowest BCUT2D eigenvalue weighted by molar-refractivity contribution is 0.214. The van der Waals surface area contributed by atoms with Crippen molar-refractivity contribution in [3.8, 4) is 0 Å². The molecule has 0 unspecified atom stereocenters. The lowest BCUT2D eigenvalue weighted by atomic mass is 9.75. The van der Waals surface area contributed by atoms with E-state index in [1.165, 1.54) is 62.2 Å². The first-order chi connectivity index (χ1) is 7.78. The Morgan fingerprint density at radius 2 is 1.19 bits per heavy atom. The zero-order valence-electron chi connectivity index (χ0n) is 10.3. The van der Waals surface area contributed by atoms with Gasteiger partial charge in [-0.2, -0.15) is 0 Å². The van der Waals surface area contributed by atoms with E-state index in [4.69, 9.17) is 5.73 Å². The van der Waals surface area contributed by atoms with Gasteiger partial charge in [0, 0.05) is 10.5 Å². The lowest BCUT2D eigenvalue weighted by Crippen LogP contribution is -2.28. The molecular weight excluding hydrogens is 309 g/mol. The highest BCUT2D eigenvalue weighted by molar-refractivity contribution is 14.1. The number of hydrogen-bond acceptors (Lipinski definition) is 1. The molecule has 0 atom stereocenters. The van der Waals surface area contributed by atoms with Crippen LogP contribution in [0.1, 0.15) is 57.8 Å². The summed E-state index contributed by atoms with van der Waals surface area (Å²) in [5.74, 6) is 3.11. The van der Waals surface area contributed by atoms with E-state index in [0.717, 1.165) is 17.8 Å². The van der Waals surface area contributed by atoms with Crippen LogP contribution in [0.2, 0.25) is 0 Å². The highest BCUT2D eigenvalue weighted by Gasteiger charge is 2.25. The molecular formula is C14H26IN. The Balaban J connectivity index is 1.66. The summed E-state index contributed by atoms with van der Waals surface area (Å²) in [4.78, 5) is 0. The minimum atomic E-state index is 0.519. The summed E-state index contributed by atoms with van der Waals surface area (Å²) in [6.07, 6.45) is 12.9. The zero-order chi connectivity index (χ0) is 11.4. The summed E-state index contributed by atoms with van der Waals surface area (Å²) in [5.41, 5.74) is 5.97. The second kappa shape index (κ2) is 6.58. The van der Waals surface area contributed by atoms with Gasteiger partial charge in [-0.3, -0.25) is 0 Å². The molecule has 0 saturated heterocycles. The Bertz CT molecular complexity index is 191. The van der Waals surface area contributed by atoms with E-state index in [1.54, 1.807) is 0 Å². The first-order valence-electron chi connectivity index (χ1n) is 7.09. The van der Waals surface area contributed by atoms with Crippen molar-refractivity contribution in [2.75, 3.05) is 4.43 Å². The summed E-state index contributed by atoms with van der Waals surface area (Å²) in [6, 6.07) is 0.519. The van der Waals surface area contributed by atoms with Crippen LogP contribution in [0.4, 0.5) is 0 Å². The van der Waals surface area contributed by atoms with Gasteiger partial charge in [0.1, 0.15) is 0 Å². The number of hydrogen-bond donors (Lipinski definition) is 1. The van der Waals surface area contributed by atoms with Crippen molar-refractivity contribution >= 4 is 22.6 Å². The van der Waals surface area contributed by atoms with Gasteiger partial charge in [0.2, 0.25) is 0 Å². The molecule has 2 aliphatic carbocycles. The third kappa shape index (κ3) is 3.86. The van der Waals surface area contributed by atoms with Gasteiger partial charge in [-0.1, -0.05) is 35.4 Å². The number of halogens is 1. The Morgan fingerprint density at radius 1 is 0.750 bits per heavy atom. The van der Waals surface area contributed by atoms with Crippen LogP contribution in [0, 0.1) is 17.8 Å². The van der Waals surface area contributed by atoms with Crippen molar-refractivity contribution in [1.29, 1.82) is 0 Å². The molecule has 2 aliphatic rings. The molecule has 2 fully saturated rings. The predicted molar refractivity (Wildman–Crippen MR) is 78.9 cm³/mol.